The molecule has 2 fully saturated rings. The zero-order valence-corrected chi connectivity index (χ0v) is 21.5. The van der Waals surface area contributed by atoms with Crippen LogP contribution >= 0.6 is 0 Å². The summed E-state index contributed by atoms with van der Waals surface area (Å²) in [5.74, 6) is 0.874. The molecule has 0 saturated carbocycles. The minimum Gasteiger partial charge on any atom is -0.490 e. The van der Waals surface area contributed by atoms with Gasteiger partial charge >= 0.3 is 6.36 Å². The van der Waals surface area contributed by atoms with Crippen molar-refractivity contribution in [3.63, 3.8) is 0 Å². The van der Waals surface area contributed by atoms with E-state index in [1.165, 1.54) is 24.3 Å². The number of nitrogens with one attached hydrogen (secondary N) is 1. The average Bonchev–Trinajstić information content (AvgIpc) is 2.90. The van der Waals surface area contributed by atoms with Gasteiger partial charge in [-0.15, -0.1) is 18.3 Å². The van der Waals surface area contributed by atoms with Gasteiger partial charge in [-0.05, 0) is 54.1 Å². The second-order valence-electron chi connectivity index (χ2n) is 9.76. The number of nitrogens with zero attached hydrogens (tertiary/aromatic N) is 4. The number of likely N-dealkylation sites (tertiary alicyclic amines) is 1. The van der Waals surface area contributed by atoms with E-state index in [2.05, 4.69) is 20.3 Å². The zero-order valence-electron chi connectivity index (χ0n) is 21.5. The van der Waals surface area contributed by atoms with Gasteiger partial charge in [0.2, 0.25) is 11.8 Å². The number of halogens is 3. The molecule has 2 amide bonds. The third kappa shape index (κ3) is 7.19. The van der Waals surface area contributed by atoms with Crippen LogP contribution in [0.1, 0.15) is 18.4 Å². The van der Waals surface area contributed by atoms with Crippen LogP contribution in [0.2, 0.25) is 0 Å². The number of carbonyl (C=O) groups is 2. The summed E-state index contributed by atoms with van der Waals surface area (Å²) < 4.78 is 46.9. The van der Waals surface area contributed by atoms with Gasteiger partial charge in [0, 0.05) is 50.9 Å². The van der Waals surface area contributed by atoms with E-state index in [0.717, 1.165) is 5.82 Å². The van der Waals surface area contributed by atoms with E-state index in [9.17, 15) is 22.8 Å². The lowest BCUT2D eigenvalue weighted by Gasteiger charge is -2.38. The van der Waals surface area contributed by atoms with Crippen molar-refractivity contribution >= 4 is 23.3 Å². The van der Waals surface area contributed by atoms with E-state index in [-0.39, 0.29) is 36.0 Å². The van der Waals surface area contributed by atoms with Gasteiger partial charge in [0.15, 0.2) is 5.82 Å². The maximum Gasteiger partial charge on any atom is 0.573 e. The molecule has 5 rings (SSSR count). The first-order valence-electron chi connectivity index (χ1n) is 12.9. The molecule has 12 heteroatoms. The Morgan fingerprint density at radius 1 is 0.950 bits per heavy atom. The van der Waals surface area contributed by atoms with Crippen molar-refractivity contribution in [2.24, 2.45) is 5.92 Å². The first-order valence-corrected chi connectivity index (χ1v) is 12.9. The van der Waals surface area contributed by atoms with Crippen LogP contribution in [-0.2, 0) is 16.0 Å². The second kappa shape index (κ2) is 11.8. The topological polar surface area (TPSA) is 96.9 Å². The van der Waals surface area contributed by atoms with Gasteiger partial charge in [0.05, 0.1) is 12.3 Å². The van der Waals surface area contributed by atoms with Crippen LogP contribution in [0.15, 0.2) is 66.9 Å². The lowest BCUT2D eigenvalue weighted by molar-refractivity contribution is -0.274. The van der Waals surface area contributed by atoms with Gasteiger partial charge in [0.1, 0.15) is 17.6 Å². The fourth-order valence-corrected chi connectivity index (χ4v) is 4.67. The summed E-state index contributed by atoms with van der Waals surface area (Å²) in [4.78, 5) is 29.0. The molecule has 3 aromatic rings. The quantitative estimate of drug-likeness (QED) is 0.448. The number of carbonyl (C=O) groups excluding carboxylic acids is 2. The normalized spacial score (nSPS) is 16.3. The lowest BCUT2D eigenvalue weighted by atomic mass is 9.99. The Morgan fingerprint density at radius 3 is 2.25 bits per heavy atom. The van der Waals surface area contributed by atoms with Crippen LogP contribution in [0.5, 0.6) is 11.5 Å². The Bertz CT molecular complexity index is 1290. The number of benzene rings is 2. The van der Waals surface area contributed by atoms with Gasteiger partial charge in [0.25, 0.3) is 0 Å². The highest BCUT2D eigenvalue weighted by Gasteiger charge is 2.34. The summed E-state index contributed by atoms with van der Waals surface area (Å²) in [6.45, 7) is 2.24. The molecular formula is C28H28F3N5O4. The predicted octanol–water partition coefficient (Wildman–Crippen LogP) is 4.06. The summed E-state index contributed by atoms with van der Waals surface area (Å²) >= 11 is 0. The van der Waals surface area contributed by atoms with E-state index in [0.29, 0.717) is 56.0 Å². The van der Waals surface area contributed by atoms with E-state index in [1.807, 2.05) is 29.2 Å². The number of ether oxygens (including phenoxy) is 2. The average molecular weight is 556 g/mol. The number of hydrogen-bond donors (Lipinski definition) is 1. The van der Waals surface area contributed by atoms with Gasteiger partial charge in [-0.25, -0.2) is 0 Å². The molecule has 1 N–H and O–H groups in total. The molecular weight excluding hydrogens is 527 g/mol. The number of piperidine rings is 1. The molecule has 210 valence electrons. The van der Waals surface area contributed by atoms with Crippen molar-refractivity contribution in [3.8, 4) is 11.5 Å². The third-order valence-corrected chi connectivity index (χ3v) is 6.87. The predicted molar refractivity (Wildman–Crippen MR) is 140 cm³/mol. The molecule has 2 aromatic carbocycles. The molecule has 0 unspecified atom stereocenters. The fourth-order valence-electron chi connectivity index (χ4n) is 4.67. The van der Waals surface area contributed by atoms with Crippen molar-refractivity contribution in [2.75, 3.05) is 36.4 Å². The molecule has 1 aromatic heterocycles. The number of aromatic nitrogens is 2. The van der Waals surface area contributed by atoms with Gasteiger partial charge in [-0.1, -0.05) is 12.1 Å². The zero-order chi connectivity index (χ0) is 28.1. The Kier molecular flexibility index (Phi) is 8.04. The van der Waals surface area contributed by atoms with Crippen molar-refractivity contribution < 1.29 is 32.2 Å². The molecule has 9 nitrogen and oxygen atoms in total. The summed E-state index contributed by atoms with van der Waals surface area (Å²) in [7, 11) is 0. The van der Waals surface area contributed by atoms with E-state index >= 15 is 0 Å². The summed E-state index contributed by atoms with van der Waals surface area (Å²) in [6, 6.07) is 16.2. The largest absolute Gasteiger partial charge is 0.573 e. The maximum atomic E-state index is 12.7. The molecule has 2 aliphatic heterocycles. The molecule has 3 heterocycles. The smallest absolute Gasteiger partial charge is 0.490 e. The van der Waals surface area contributed by atoms with Crippen LogP contribution in [-0.4, -0.2) is 65.6 Å². The molecule has 0 atom stereocenters. The van der Waals surface area contributed by atoms with E-state index in [4.69, 9.17) is 4.74 Å². The molecule has 2 aliphatic rings. The standard InChI is InChI=1S/C28H28F3N5O4/c29-28(30,31)40-24-7-3-19(4-8-24)16-26(37)35-14-11-23(12-15-35)39-22-9-5-21(6-10-22)33-27(38)20-17-36(18-20)25-2-1-13-32-34-25/h1-10,13,20,23H,11-12,14-18H2,(H,33,38). The monoisotopic (exact) mass is 555 g/mol. The van der Waals surface area contributed by atoms with Gasteiger partial charge in [-0.2, -0.15) is 5.10 Å². The van der Waals surface area contributed by atoms with Crippen molar-refractivity contribution in [1.82, 2.24) is 15.1 Å². The highest BCUT2D eigenvalue weighted by Crippen LogP contribution is 2.26. The fraction of sp³-hybridized carbons (Fsp3) is 0.357. The minimum absolute atomic E-state index is 0.0450. The van der Waals surface area contributed by atoms with Crippen LogP contribution in [0.25, 0.3) is 0 Å². The molecule has 0 radical (unpaired) electrons. The van der Waals surface area contributed by atoms with E-state index < -0.39 is 6.36 Å². The van der Waals surface area contributed by atoms with Crippen LogP contribution in [0.3, 0.4) is 0 Å². The number of anilines is 2. The number of rotatable bonds is 8. The molecule has 0 aliphatic carbocycles. The summed E-state index contributed by atoms with van der Waals surface area (Å²) in [5, 5.41) is 10.9. The summed E-state index contributed by atoms with van der Waals surface area (Å²) in [6.07, 6.45) is -1.77. The SMILES string of the molecule is O=C(Nc1ccc(OC2CCN(C(=O)Cc3ccc(OC(F)(F)F)cc3)CC2)cc1)C1CN(c2cccnn2)C1. The first-order chi connectivity index (χ1) is 19.2. The van der Waals surface area contributed by atoms with Crippen molar-refractivity contribution in [2.45, 2.75) is 31.7 Å². The van der Waals surface area contributed by atoms with E-state index in [1.54, 1.807) is 23.2 Å². The number of amides is 2. The van der Waals surface area contributed by atoms with Crippen LogP contribution in [0.4, 0.5) is 24.7 Å². The first kappa shape index (κ1) is 27.2. The number of hydrogen-bond acceptors (Lipinski definition) is 7. The highest BCUT2D eigenvalue weighted by molar-refractivity contribution is 5.94. The minimum atomic E-state index is -4.75. The Balaban J connectivity index is 1.02. The van der Waals surface area contributed by atoms with Crippen molar-refractivity contribution in [1.29, 1.82) is 0 Å². The molecule has 0 spiro atoms. The molecule has 40 heavy (non-hydrogen) atoms. The van der Waals surface area contributed by atoms with Crippen LogP contribution < -0.4 is 19.7 Å². The van der Waals surface area contributed by atoms with Gasteiger partial charge < -0.3 is 24.6 Å². The Labute approximate surface area is 228 Å². The lowest BCUT2D eigenvalue weighted by Crippen LogP contribution is -2.52. The van der Waals surface area contributed by atoms with Crippen molar-refractivity contribution in [3.05, 3.63) is 72.4 Å². The Morgan fingerprint density at radius 2 is 1.62 bits per heavy atom. The maximum absolute atomic E-state index is 12.7. The van der Waals surface area contributed by atoms with Crippen LogP contribution in [0, 0.1) is 5.92 Å². The highest BCUT2D eigenvalue weighted by atomic mass is 19.4. The Hall–Kier alpha value is -4.35. The number of alkyl halides is 3. The molecule has 2 saturated heterocycles. The third-order valence-electron chi connectivity index (χ3n) is 6.87. The molecule has 0 bridgehead atoms. The summed E-state index contributed by atoms with van der Waals surface area (Å²) in [5.41, 5.74) is 1.30. The van der Waals surface area contributed by atoms with Gasteiger partial charge in [-0.3, -0.25) is 9.59 Å². The second-order valence-corrected chi connectivity index (χ2v) is 9.76.